The van der Waals surface area contributed by atoms with Crippen LogP contribution in [-0.4, -0.2) is 23.1 Å². The molecule has 0 radical (unpaired) electrons. The number of halogens is 3. The fourth-order valence-corrected chi connectivity index (χ4v) is 3.15. The highest BCUT2D eigenvalue weighted by atomic mass is 19.4. The summed E-state index contributed by atoms with van der Waals surface area (Å²) in [4.78, 5) is 23.5. The monoisotopic (exact) mass is 416 g/mol. The fourth-order valence-electron chi connectivity index (χ4n) is 3.15. The highest BCUT2D eigenvalue weighted by Gasteiger charge is 2.30. The zero-order valence-corrected chi connectivity index (χ0v) is 16.2. The summed E-state index contributed by atoms with van der Waals surface area (Å²) >= 11 is 0. The number of hydrogen-bond donors (Lipinski definition) is 3. The number of carbonyl (C=O) groups excluding carboxylic acids is 1. The van der Waals surface area contributed by atoms with Gasteiger partial charge in [0.05, 0.1) is 11.3 Å². The van der Waals surface area contributed by atoms with Gasteiger partial charge in [-0.2, -0.15) is 13.2 Å². The topological polar surface area (TPSA) is 78.4 Å². The summed E-state index contributed by atoms with van der Waals surface area (Å²) in [7, 11) is 0. The molecule has 0 unspecified atom stereocenters. The van der Waals surface area contributed by atoms with E-state index in [1.54, 1.807) is 24.3 Å². The normalized spacial score (nSPS) is 11.5. The molecule has 0 saturated carbocycles. The van der Waals surface area contributed by atoms with Crippen molar-refractivity contribution in [1.82, 2.24) is 5.32 Å². The Balaban J connectivity index is 2.14. The number of rotatable bonds is 4. The van der Waals surface area contributed by atoms with Crippen LogP contribution in [0.5, 0.6) is 0 Å². The van der Waals surface area contributed by atoms with Crippen molar-refractivity contribution in [3.8, 4) is 11.1 Å². The first-order valence-corrected chi connectivity index (χ1v) is 9.11. The lowest BCUT2D eigenvalue weighted by Crippen LogP contribution is -2.30. The van der Waals surface area contributed by atoms with E-state index in [0.717, 1.165) is 12.1 Å². The van der Waals surface area contributed by atoms with E-state index in [1.807, 2.05) is 13.8 Å². The van der Waals surface area contributed by atoms with Gasteiger partial charge in [0.1, 0.15) is 0 Å². The molecule has 0 spiro atoms. The number of carboxylic acid groups (broad SMARTS) is 1. The second-order valence-electron chi connectivity index (χ2n) is 7.05. The van der Waals surface area contributed by atoms with E-state index >= 15 is 0 Å². The first-order valence-electron chi connectivity index (χ1n) is 9.11. The van der Waals surface area contributed by atoms with Crippen molar-refractivity contribution in [3.05, 3.63) is 65.7 Å². The van der Waals surface area contributed by atoms with Gasteiger partial charge < -0.3 is 10.4 Å². The maximum absolute atomic E-state index is 12.9. The summed E-state index contributed by atoms with van der Waals surface area (Å²) in [6.07, 6.45) is -5.70. The smallest absolute Gasteiger partial charge is 0.416 e. The highest BCUT2D eigenvalue weighted by Crippen LogP contribution is 2.36. The molecule has 0 saturated heterocycles. The quantitative estimate of drug-likeness (QED) is 0.506. The van der Waals surface area contributed by atoms with E-state index in [4.69, 9.17) is 5.11 Å². The van der Waals surface area contributed by atoms with Crippen molar-refractivity contribution in [1.29, 1.82) is 0 Å². The first-order chi connectivity index (χ1) is 14.1. The van der Waals surface area contributed by atoms with Crippen molar-refractivity contribution in [2.75, 3.05) is 5.32 Å². The lowest BCUT2D eigenvalue weighted by atomic mass is 9.95. The van der Waals surface area contributed by atoms with Crippen LogP contribution in [0.1, 0.15) is 29.8 Å². The van der Waals surface area contributed by atoms with Crippen molar-refractivity contribution in [2.24, 2.45) is 0 Å². The average molecular weight is 416 g/mol. The summed E-state index contributed by atoms with van der Waals surface area (Å²) in [5.41, 5.74) is 1.01. The summed E-state index contributed by atoms with van der Waals surface area (Å²) < 4.78 is 38.6. The van der Waals surface area contributed by atoms with Crippen molar-refractivity contribution in [3.63, 3.8) is 0 Å². The van der Waals surface area contributed by atoms with E-state index in [2.05, 4.69) is 10.6 Å². The molecule has 8 heteroatoms. The minimum Gasteiger partial charge on any atom is -0.465 e. The predicted molar refractivity (Wildman–Crippen MR) is 109 cm³/mol. The third-order valence-corrected chi connectivity index (χ3v) is 4.46. The summed E-state index contributed by atoms with van der Waals surface area (Å²) in [6.45, 7) is 3.64. The van der Waals surface area contributed by atoms with Crippen LogP contribution in [0, 0.1) is 0 Å². The molecule has 3 aromatic carbocycles. The van der Waals surface area contributed by atoms with E-state index < -0.39 is 17.8 Å². The Morgan fingerprint density at radius 2 is 1.60 bits per heavy atom. The van der Waals surface area contributed by atoms with Gasteiger partial charge in [0.15, 0.2) is 0 Å². The number of hydrogen-bond acceptors (Lipinski definition) is 2. The molecule has 0 fully saturated rings. The van der Waals surface area contributed by atoms with Crippen LogP contribution in [0.3, 0.4) is 0 Å². The van der Waals surface area contributed by atoms with E-state index in [1.165, 1.54) is 18.2 Å². The van der Waals surface area contributed by atoms with Crippen LogP contribution >= 0.6 is 0 Å². The minimum absolute atomic E-state index is 0.0803. The molecule has 0 aliphatic rings. The molecule has 0 aliphatic carbocycles. The summed E-state index contributed by atoms with van der Waals surface area (Å²) in [5, 5.41) is 15.3. The number of alkyl halides is 3. The maximum atomic E-state index is 12.9. The fraction of sp³-hybridized carbons (Fsp3) is 0.182. The number of nitrogens with one attached hydrogen (secondary N) is 2. The Kier molecular flexibility index (Phi) is 5.69. The molecule has 3 aromatic rings. The van der Waals surface area contributed by atoms with E-state index in [-0.39, 0.29) is 17.6 Å². The van der Waals surface area contributed by atoms with Gasteiger partial charge in [0, 0.05) is 17.0 Å². The van der Waals surface area contributed by atoms with Crippen LogP contribution in [0.4, 0.5) is 23.7 Å². The lowest BCUT2D eigenvalue weighted by molar-refractivity contribution is -0.137. The third kappa shape index (κ3) is 4.53. The second kappa shape index (κ2) is 8.06. The van der Waals surface area contributed by atoms with Crippen LogP contribution in [0.15, 0.2) is 54.6 Å². The Bertz CT molecular complexity index is 1110. The number of benzene rings is 3. The third-order valence-electron chi connectivity index (χ3n) is 4.46. The van der Waals surface area contributed by atoms with Crippen LogP contribution in [0.2, 0.25) is 0 Å². The van der Waals surface area contributed by atoms with E-state index in [0.29, 0.717) is 27.5 Å². The molecule has 156 valence electrons. The van der Waals surface area contributed by atoms with Gasteiger partial charge in [-0.3, -0.25) is 10.1 Å². The summed E-state index contributed by atoms with van der Waals surface area (Å²) in [5.74, 6) is -0.312. The zero-order valence-electron chi connectivity index (χ0n) is 16.2. The molecule has 3 rings (SSSR count). The van der Waals surface area contributed by atoms with Gasteiger partial charge in [-0.1, -0.05) is 24.3 Å². The first kappa shape index (κ1) is 21.2. The molecular weight excluding hydrogens is 397 g/mol. The Hall–Kier alpha value is -3.55. The van der Waals surface area contributed by atoms with Gasteiger partial charge in [0.2, 0.25) is 0 Å². The van der Waals surface area contributed by atoms with Crippen molar-refractivity contribution >= 4 is 28.5 Å². The number of amides is 2. The number of fused-ring (bicyclic) bond motifs is 1. The SMILES string of the molecule is CC(C)NC(=O)c1ccc2c(-c3ccc(C(F)(F)F)cc3)ccc(NC(=O)O)c2c1. The zero-order chi connectivity index (χ0) is 22.1. The van der Waals surface area contributed by atoms with Gasteiger partial charge in [-0.25, -0.2) is 4.79 Å². The molecule has 0 aromatic heterocycles. The molecule has 2 amide bonds. The number of anilines is 1. The van der Waals surface area contributed by atoms with Crippen LogP contribution in [0.25, 0.3) is 21.9 Å². The molecule has 0 heterocycles. The number of carbonyl (C=O) groups is 2. The molecule has 0 atom stereocenters. The molecule has 3 N–H and O–H groups in total. The molecule has 5 nitrogen and oxygen atoms in total. The van der Waals surface area contributed by atoms with Gasteiger partial charge in [-0.15, -0.1) is 0 Å². The molecule has 30 heavy (non-hydrogen) atoms. The standard InChI is InChI=1S/C22H19F3N2O3/c1-12(2)26-20(28)14-5-8-17-16(9-10-19(18(17)11-14)27-21(29)30)13-3-6-15(7-4-13)22(23,24)25/h3-12,27H,1-2H3,(H,26,28)(H,29,30). The van der Waals surface area contributed by atoms with Crippen LogP contribution in [-0.2, 0) is 6.18 Å². The average Bonchev–Trinajstić information content (AvgIpc) is 2.66. The summed E-state index contributed by atoms with van der Waals surface area (Å²) in [6, 6.07) is 12.6. The molecule has 0 aliphatic heterocycles. The Labute approximate surface area is 170 Å². The second-order valence-corrected chi connectivity index (χ2v) is 7.05. The van der Waals surface area contributed by atoms with Gasteiger partial charge >= 0.3 is 12.3 Å². The van der Waals surface area contributed by atoms with Gasteiger partial charge in [0.25, 0.3) is 5.91 Å². The van der Waals surface area contributed by atoms with Crippen LogP contribution < -0.4 is 10.6 Å². The Morgan fingerprint density at radius 3 is 2.17 bits per heavy atom. The Morgan fingerprint density at radius 1 is 0.933 bits per heavy atom. The van der Waals surface area contributed by atoms with Crippen molar-refractivity contribution in [2.45, 2.75) is 26.1 Å². The van der Waals surface area contributed by atoms with Gasteiger partial charge in [-0.05, 0) is 60.7 Å². The minimum atomic E-state index is -4.44. The highest BCUT2D eigenvalue weighted by molar-refractivity contribution is 6.09. The molecular formula is C22H19F3N2O3. The van der Waals surface area contributed by atoms with Crippen molar-refractivity contribution < 1.29 is 27.9 Å². The lowest BCUT2D eigenvalue weighted by Gasteiger charge is -2.14. The molecule has 0 bridgehead atoms. The largest absolute Gasteiger partial charge is 0.465 e. The predicted octanol–water partition coefficient (Wildman–Crippen LogP) is 5.75. The maximum Gasteiger partial charge on any atom is 0.416 e. The van der Waals surface area contributed by atoms with E-state index in [9.17, 15) is 22.8 Å².